The Morgan fingerprint density at radius 2 is 1.96 bits per heavy atom. The number of ether oxygens (including phenoxy) is 1. The monoisotopic (exact) mass is 396 g/mol. The molecule has 0 aliphatic carbocycles. The largest absolute Gasteiger partial charge is 0.397 e. The number of nitrogens with one attached hydrogen (secondary N) is 1. The van der Waals surface area contributed by atoms with Gasteiger partial charge in [0.25, 0.3) is 5.91 Å². The van der Waals surface area contributed by atoms with Crippen LogP contribution in [0.1, 0.15) is 47.8 Å². The first-order valence-electron chi connectivity index (χ1n) is 9.01. The molecular formula is C19H23F3N4O2. The zero-order valence-corrected chi connectivity index (χ0v) is 16.0. The number of rotatable bonds is 5. The first-order valence-corrected chi connectivity index (χ1v) is 9.01. The molecule has 0 fully saturated rings. The molecule has 1 amide bonds. The molecule has 2 aromatic rings. The molecule has 1 aromatic heterocycles. The molecule has 0 radical (unpaired) electrons. The average molecular weight is 396 g/mol. The number of hydrogen-bond donors (Lipinski definition) is 1. The predicted molar refractivity (Wildman–Crippen MR) is 95.8 cm³/mol. The summed E-state index contributed by atoms with van der Waals surface area (Å²) in [5, 5.41) is 7.28. The van der Waals surface area contributed by atoms with Crippen LogP contribution in [0.5, 0.6) is 0 Å². The van der Waals surface area contributed by atoms with E-state index in [1.54, 1.807) is 11.8 Å². The lowest BCUT2D eigenvalue weighted by Crippen LogP contribution is -2.41. The number of methoxy groups -OCH3 is 1. The summed E-state index contributed by atoms with van der Waals surface area (Å²) in [5.74, 6) is 1.14. The number of carbonyl (C=O) groups excluding carboxylic acids is 1. The fourth-order valence-corrected chi connectivity index (χ4v) is 3.14. The Labute approximate surface area is 161 Å². The van der Waals surface area contributed by atoms with Crippen LogP contribution in [-0.4, -0.2) is 40.0 Å². The normalized spacial score (nSPS) is 17.3. The summed E-state index contributed by atoms with van der Waals surface area (Å²) in [6.07, 6.45) is -2.97. The van der Waals surface area contributed by atoms with Gasteiger partial charge in [-0.1, -0.05) is 12.1 Å². The van der Waals surface area contributed by atoms with Crippen molar-refractivity contribution in [3.63, 3.8) is 0 Å². The van der Waals surface area contributed by atoms with Crippen LogP contribution in [0.4, 0.5) is 13.2 Å². The number of aromatic nitrogens is 3. The standard InChI is InChI=1S/C19H23F3N4O2/c1-18(2,19(20,21)22)13-6-4-12(5-7-13)17(27)23-14-8-9-16-24-15(11-28-3)25-26(16)10-14/h4-7,14H,8-11H2,1-3H3,(H,23,27). The predicted octanol–water partition coefficient (Wildman–Crippen LogP) is 3.01. The highest BCUT2D eigenvalue weighted by Gasteiger charge is 2.48. The van der Waals surface area contributed by atoms with E-state index in [9.17, 15) is 18.0 Å². The molecule has 0 spiro atoms. The second-order valence-corrected chi connectivity index (χ2v) is 7.47. The molecule has 0 bridgehead atoms. The zero-order chi connectivity index (χ0) is 20.5. The Morgan fingerprint density at radius 3 is 2.57 bits per heavy atom. The summed E-state index contributed by atoms with van der Waals surface area (Å²) in [4.78, 5) is 16.9. The molecule has 9 heteroatoms. The highest BCUT2D eigenvalue weighted by Crippen LogP contribution is 2.40. The van der Waals surface area contributed by atoms with Crippen molar-refractivity contribution in [2.45, 2.75) is 57.5 Å². The van der Waals surface area contributed by atoms with Crippen molar-refractivity contribution >= 4 is 5.91 Å². The fraction of sp³-hybridized carbons (Fsp3) is 0.526. The van der Waals surface area contributed by atoms with Gasteiger partial charge < -0.3 is 10.1 Å². The number of nitrogens with zero attached hydrogens (tertiary/aromatic N) is 3. The van der Waals surface area contributed by atoms with Gasteiger partial charge in [-0.2, -0.15) is 18.3 Å². The van der Waals surface area contributed by atoms with Crippen LogP contribution < -0.4 is 5.32 Å². The summed E-state index contributed by atoms with van der Waals surface area (Å²) in [5.41, 5.74) is -1.53. The smallest absolute Gasteiger partial charge is 0.377 e. The van der Waals surface area contributed by atoms with Crippen molar-refractivity contribution < 1.29 is 22.7 Å². The SMILES string of the molecule is COCc1nc2n(n1)CC(NC(=O)c1ccc(C(C)(C)C(F)(F)F)cc1)CC2. The molecule has 1 N–H and O–H groups in total. The molecule has 1 aromatic carbocycles. The van der Waals surface area contributed by atoms with Crippen molar-refractivity contribution in [3.8, 4) is 0 Å². The fourth-order valence-electron chi connectivity index (χ4n) is 3.14. The summed E-state index contributed by atoms with van der Waals surface area (Å²) in [7, 11) is 1.57. The molecule has 6 nitrogen and oxygen atoms in total. The van der Waals surface area contributed by atoms with E-state index in [-0.39, 0.29) is 17.5 Å². The molecule has 152 valence electrons. The van der Waals surface area contributed by atoms with Gasteiger partial charge in [-0.05, 0) is 38.0 Å². The third-order valence-electron chi connectivity index (χ3n) is 5.09. The van der Waals surface area contributed by atoms with E-state index in [1.165, 1.54) is 24.3 Å². The Hall–Kier alpha value is -2.42. The summed E-state index contributed by atoms with van der Waals surface area (Å²) in [6.45, 7) is 3.07. The highest BCUT2D eigenvalue weighted by molar-refractivity contribution is 5.94. The third kappa shape index (κ3) is 4.04. The van der Waals surface area contributed by atoms with Crippen molar-refractivity contribution in [3.05, 3.63) is 47.0 Å². The average Bonchev–Trinajstić information content (AvgIpc) is 3.03. The first kappa shape index (κ1) is 20.3. The van der Waals surface area contributed by atoms with Crippen LogP contribution in [0, 0.1) is 0 Å². The van der Waals surface area contributed by atoms with Crippen molar-refractivity contribution in [1.29, 1.82) is 0 Å². The number of benzene rings is 1. The van der Waals surface area contributed by atoms with E-state index in [4.69, 9.17) is 4.74 Å². The quantitative estimate of drug-likeness (QED) is 0.844. The van der Waals surface area contributed by atoms with Crippen molar-refractivity contribution in [1.82, 2.24) is 20.1 Å². The molecule has 2 heterocycles. The molecule has 0 saturated carbocycles. The minimum atomic E-state index is -4.37. The van der Waals surface area contributed by atoms with E-state index in [1.807, 2.05) is 0 Å². The van der Waals surface area contributed by atoms with Crippen LogP contribution >= 0.6 is 0 Å². The number of amides is 1. The second kappa shape index (κ2) is 7.54. The summed E-state index contributed by atoms with van der Waals surface area (Å²) >= 11 is 0. The van der Waals surface area contributed by atoms with Crippen LogP contribution in [0.25, 0.3) is 0 Å². The first-order chi connectivity index (χ1) is 13.1. The van der Waals surface area contributed by atoms with E-state index in [0.29, 0.717) is 31.0 Å². The maximum atomic E-state index is 13.2. The minimum absolute atomic E-state index is 0.118. The van der Waals surface area contributed by atoms with Crippen LogP contribution in [-0.2, 0) is 29.7 Å². The van der Waals surface area contributed by atoms with E-state index in [0.717, 1.165) is 26.1 Å². The van der Waals surface area contributed by atoms with E-state index in [2.05, 4.69) is 15.4 Å². The number of hydrogen-bond acceptors (Lipinski definition) is 4. The highest BCUT2D eigenvalue weighted by atomic mass is 19.4. The lowest BCUT2D eigenvalue weighted by atomic mass is 9.83. The van der Waals surface area contributed by atoms with Crippen molar-refractivity contribution in [2.24, 2.45) is 0 Å². The molecule has 1 atom stereocenters. The Balaban J connectivity index is 1.65. The van der Waals surface area contributed by atoms with Gasteiger partial charge in [-0.3, -0.25) is 4.79 Å². The van der Waals surface area contributed by atoms with E-state index >= 15 is 0 Å². The lowest BCUT2D eigenvalue weighted by Gasteiger charge is -2.28. The maximum absolute atomic E-state index is 13.2. The molecule has 1 unspecified atom stereocenters. The third-order valence-corrected chi connectivity index (χ3v) is 5.09. The lowest BCUT2D eigenvalue weighted by molar-refractivity contribution is -0.180. The molecular weight excluding hydrogens is 373 g/mol. The van der Waals surface area contributed by atoms with Gasteiger partial charge in [-0.15, -0.1) is 0 Å². The van der Waals surface area contributed by atoms with Gasteiger partial charge in [0.2, 0.25) is 0 Å². The maximum Gasteiger partial charge on any atom is 0.397 e. The van der Waals surface area contributed by atoms with Crippen LogP contribution in [0.15, 0.2) is 24.3 Å². The number of alkyl halides is 3. The topological polar surface area (TPSA) is 69.0 Å². The van der Waals surface area contributed by atoms with Gasteiger partial charge >= 0.3 is 6.18 Å². The zero-order valence-electron chi connectivity index (χ0n) is 16.0. The van der Waals surface area contributed by atoms with Gasteiger partial charge in [0, 0.05) is 25.1 Å². The van der Waals surface area contributed by atoms with Crippen LogP contribution in [0.3, 0.4) is 0 Å². The Bertz CT molecular complexity index is 844. The minimum Gasteiger partial charge on any atom is -0.377 e. The van der Waals surface area contributed by atoms with E-state index < -0.39 is 11.6 Å². The molecule has 3 rings (SSSR count). The molecule has 1 aliphatic heterocycles. The number of aryl methyl sites for hydroxylation is 1. The van der Waals surface area contributed by atoms with Crippen molar-refractivity contribution in [2.75, 3.05) is 7.11 Å². The van der Waals surface area contributed by atoms with Gasteiger partial charge in [0.1, 0.15) is 12.4 Å². The number of carbonyl (C=O) groups is 1. The van der Waals surface area contributed by atoms with Gasteiger partial charge in [0.15, 0.2) is 5.82 Å². The Morgan fingerprint density at radius 1 is 1.29 bits per heavy atom. The molecule has 1 aliphatic rings. The summed E-state index contributed by atoms with van der Waals surface area (Å²) < 4.78 is 46.3. The number of halogens is 3. The van der Waals surface area contributed by atoms with Gasteiger partial charge in [-0.25, -0.2) is 9.67 Å². The summed E-state index contributed by atoms with van der Waals surface area (Å²) in [6, 6.07) is 5.45. The molecule has 0 saturated heterocycles. The molecule has 28 heavy (non-hydrogen) atoms. The van der Waals surface area contributed by atoms with Gasteiger partial charge in [0.05, 0.1) is 12.0 Å². The second-order valence-electron chi connectivity index (χ2n) is 7.47. The van der Waals surface area contributed by atoms with Crippen LogP contribution in [0.2, 0.25) is 0 Å². The number of fused-ring (bicyclic) bond motifs is 1. The Kier molecular flexibility index (Phi) is 5.47.